The highest BCUT2D eigenvalue weighted by atomic mass is 16.6. The molecule has 0 saturated heterocycles. The van der Waals surface area contributed by atoms with Crippen molar-refractivity contribution >= 4 is 17.9 Å². The Bertz CT molecular complexity index is 1340. The maximum absolute atomic E-state index is 12.8. The number of hydrogen-bond donors (Lipinski definition) is 0. The van der Waals surface area contributed by atoms with Crippen molar-refractivity contribution < 1.29 is 28.6 Å². The molecule has 0 N–H and O–H groups in total. The van der Waals surface area contributed by atoms with Crippen LogP contribution in [0, 0.1) is 0 Å². The zero-order valence-corrected chi connectivity index (χ0v) is 38.9. The maximum Gasteiger partial charge on any atom is 0.306 e. The van der Waals surface area contributed by atoms with E-state index in [0.29, 0.717) is 19.3 Å². The van der Waals surface area contributed by atoms with Crippen LogP contribution in [0.4, 0.5) is 0 Å². The highest BCUT2D eigenvalue weighted by molar-refractivity contribution is 5.71. The third kappa shape index (κ3) is 46.7. The Hall–Kier alpha value is -4.19. The minimum Gasteiger partial charge on any atom is -0.462 e. The van der Waals surface area contributed by atoms with Gasteiger partial charge in [-0.2, -0.15) is 0 Å². The Morgan fingerprint density at radius 1 is 0.344 bits per heavy atom. The van der Waals surface area contributed by atoms with Gasteiger partial charge in [-0.1, -0.05) is 194 Å². The lowest BCUT2D eigenvalue weighted by Gasteiger charge is -2.18. The van der Waals surface area contributed by atoms with Crippen LogP contribution in [0.2, 0.25) is 0 Å². The average Bonchev–Trinajstić information content (AvgIpc) is 3.26. The molecule has 0 fully saturated rings. The molecule has 0 spiro atoms. The lowest BCUT2D eigenvalue weighted by molar-refractivity contribution is -0.166. The molecule has 0 aromatic carbocycles. The molecular formula is C55H86O6. The molecule has 0 amide bonds. The first-order valence-electron chi connectivity index (χ1n) is 24.1. The zero-order chi connectivity index (χ0) is 44.4. The van der Waals surface area contributed by atoms with E-state index >= 15 is 0 Å². The molecule has 0 aliphatic rings. The van der Waals surface area contributed by atoms with Crippen LogP contribution in [0.15, 0.2) is 122 Å². The molecule has 61 heavy (non-hydrogen) atoms. The zero-order valence-electron chi connectivity index (χ0n) is 38.9. The number of carbonyl (C=O) groups is 3. The Balaban J connectivity index is 4.56. The fraction of sp³-hybridized carbons (Fsp3) is 0.582. The molecule has 0 bridgehead atoms. The van der Waals surface area contributed by atoms with E-state index in [-0.39, 0.29) is 37.5 Å². The maximum atomic E-state index is 12.8. The van der Waals surface area contributed by atoms with Crippen molar-refractivity contribution in [2.75, 3.05) is 13.2 Å². The van der Waals surface area contributed by atoms with Crippen molar-refractivity contribution in [1.82, 2.24) is 0 Å². The normalized spacial score (nSPS) is 13.2. The van der Waals surface area contributed by atoms with Crippen LogP contribution in [0.25, 0.3) is 0 Å². The first kappa shape index (κ1) is 56.8. The van der Waals surface area contributed by atoms with Crippen molar-refractivity contribution in [2.45, 2.75) is 194 Å². The Morgan fingerprint density at radius 3 is 1.20 bits per heavy atom. The smallest absolute Gasteiger partial charge is 0.306 e. The first-order chi connectivity index (χ1) is 30.0. The van der Waals surface area contributed by atoms with Gasteiger partial charge in [0.05, 0.1) is 0 Å². The van der Waals surface area contributed by atoms with Crippen LogP contribution in [0.5, 0.6) is 0 Å². The molecule has 342 valence electrons. The number of esters is 3. The van der Waals surface area contributed by atoms with E-state index in [1.807, 2.05) is 18.2 Å². The Kier molecular flexibility index (Phi) is 45.1. The van der Waals surface area contributed by atoms with E-state index < -0.39 is 6.10 Å². The van der Waals surface area contributed by atoms with Gasteiger partial charge in [-0.3, -0.25) is 14.4 Å². The largest absolute Gasteiger partial charge is 0.462 e. The Labute approximate surface area is 373 Å². The van der Waals surface area contributed by atoms with Gasteiger partial charge in [-0.25, -0.2) is 0 Å². The summed E-state index contributed by atoms with van der Waals surface area (Å²) in [5.41, 5.74) is 0. The van der Waals surface area contributed by atoms with Gasteiger partial charge in [0.2, 0.25) is 0 Å². The van der Waals surface area contributed by atoms with Gasteiger partial charge in [0.15, 0.2) is 6.10 Å². The lowest BCUT2D eigenvalue weighted by Crippen LogP contribution is -2.30. The van der Waals surface area contributed by atoms with Crippen molar-refractivity contribution in [1.29, 1.82) is 0 Å². The summed E-state index contributed by atoms with van der Waals surface area (Å²) >= 11 is 0. The molecule has 1 unspecified atom stereocenters. The molecule has 6 nitrogen and oxygen atoms in total. The summed E-state index contributed by atoms with van der Waals surface area (Å²) < 4.78 is 16.7. The standard InChI is InChI=1S/C55H86O6/c1-4-7-10-13-16-19-22-25-27-28-31-33-36-39-42-45-48-54(57)60-51-52(50-59-53(56)47-44-41-38-35-32-29-24-21-18-15-12-9-6-3)61-55(58)49-46-43-40-37-34-30-26-23-20-17-14-11-8-5-2/h7-12,15-21,24-25,27,31,33,39,42,52H,4-6,13-14,22-23,26,28-30,32,34-38,40-41,43-51H2,1-3H3/b10-7-,11-8-,12-9-,18-15-,19-16-,20-17-,24-21-,27-25-,33-31-,42-39-. The van der Waals surface area contributed by atoms with E-state index in [1.54, 1.807) is 0 Å². The van der Waals surface area contributed by atoms with Crippen LogP contribution < -0.4 is 0 Å². The second kappa shape index (κ2) is 48.5. The fourth-order valence-corrected chi connectivity index (χ4v) is 6.00. The molecule has 0 aliphatic carbocycles. The summed E-state index contributed by atoms with van der Waals surface area (Å²) in [6, 6.07) is 0. The van der Waals surface area contributed by atoms with Gasteiger partial charge in [0, 0.05) is 19.3 Å². The first-order valence-corrected chi connectivity index (χ1v) is 24.1. The number of allylic oxidation sites excluding steroid dienone is 20. The molecule has 0 aromatic heterocycles. The van der Waals surface area contributed by atoms with Crippen LogP contribution >= 0.6 is 0 Å². The van der Waals surface area contributed by atoms with Crippen LogP contribution in [0.1, 0.15) is 188 Å². The van der Waals surface area contributed by atoms with Gasteiger partial charge in [-0.15, -0.1) is 0 Å². The van der Waals surface area contributed by atoms with E-state index in [0.717, 1.165) is 116 Å². The van der Waals surface area contributed by atoms with Gasteiger partial charge in [0.25, 0.3) is 0 Å². The highest BCUT2D eigenvalue weighted by Gasteiger charge is 2.19. The summed E-state index contributed by atoms with van der Waals surface area (Å²) in [7, 11) is 0. The molecule has 0 radical (unpaired) electrons. The minimum atomic E-state index is -0.823. The van der Waals surface area contributed by atoms with Gasteiger partial charge in [0.1, 0.15) is 13.2 Å². The van der Waals surface area contributed by atoms with Gasteiger partial charge >= 0.3 is 17.9 Å². The summed E-state index contributed by atoms with van der Waals surface area (Å²) in [5.74, 6) is -1.04. The number of rotatable bonds is 41. The number of unbranched alkanes of at least 4 members (excludes halogenated alkanes) is 12. The second-order valence-corrected chi connectivity index (χ2v) is 15.3. The van der Waals surface area contributed by atoms with Crippen LogP contribution in [-0.4, -0.2) is 37.2 Å². The predicted octanol–water partition coefficient (Wildman–Crippen LogP) is 15.7. The second-order valence-electron chi connectivity index (χ2n) is 15.3. The molecule has 0 heterocycles. The summed E-state index contributed by atoms with van der Waals surface area (Å²) in [6.07, 6.45) is 66.2. The lowest BCUT2D eigenvalue weighted by atomic mass is 10.1. The van der Waals surface area contributed by atoms with Crippen molar-refractivity contribution in [3.8, 4) is 0 Å². The van der Waals surface area contributed by atoms with Crippen molar-refractivity contribution in [2.24, 2.45) is 0 Å². The Morgan fingerprint density at radius 2 is 0.705 bits per heavy atom. The van der Waals surface area contributed by atoms with E-state index in [9.17, 15) is 14.4 Å². The van der Waals surface area contributed by atoms with Gasteiger partial charge in [-0.05, 0) is 96.3 Å². The van der Waals surface area contributed by atoms with Gasteiger partial charge < -0.3 is 14.2 Å². The van der Waals surface area contributed by atoms with E-state index in [2.05, 4.69) is 124 Å². The SMILES string of the molecule is CC\C=C/C=C\C=C/CCCCCCCC(=O)OCC(COC(=O)CC/C=C\C/C=C\C/C=C\C/C=C\C/C=C\CC)OC(=O)CCCCCCCCC/C=C\C/C=C\CC. The van der Waals surface area contributed by atoms with E-state index in [1.165, 1.54) is 25.7 Å². The third-order valence-electron chi connectivity index (χ3n) is 9.52. The van der Waals surface area contributed by atoms with Crippen LogP contribution in [0.3, 0.4) is 0 Å². The topological polar surface area (TPSA) is 78.9 Å². The third-order valence-corrected chi connectivity index (χ3v) is 9.52. The molecule has 1 atom stereocenters. The fourth-order valence-electron chi connectivity index (χ4n) is 6.00. The number of hydrogen-bond acceptors (Lipinski definition) is 6. The molecular weight excluding hydrogens is 757 g/mol. The summed E-state index contributed by atoms with van der Waals surface area (Å²) in [4.78, 5) is 37.9. The quantitative estimate of drug-likeness (QED) is 0.0201. The predicted molar refractivity (Wildman–Crippen MR) is 260 cm³/mol. The number of ether oxygens (including phenoxy) is 3. The van der Waals surface area contributed by atoms with Crippen molar-refractivity contribution in [3.05, 3.63) is 122 Å². The van der Waals surface area contributed by atoms with Crippen LogP contribution in [-0.2, 0) is 28.6 Å². The monoisotopic (exact) mass is 843 g/mol. The van der Waals surface area contributed by atoms with Crippen molar-refractivity contribution in [3.63, 3.8) is 0 Å². The number of carbonyl (C=O) groups excluding carboxylic acids is 3. The molecule has 0 aromatic rings. The summed E-state index contributed by atoms with van der Waals surface area (Å²) in [6.45, 7) is 6.17. The average molecular weight is 843 g/mol. The molecule has 0 aliphatic heterocycles. The summed E-state index contributed by atoms with van der Waals surface area (Å²) in [5, 5.41) is 0. The molecule has 6 heteroatoms. The highest BCUT2D eigenvalue weighted by Crippen LogP contribution is 2.13. The molecule has 0 rings (SSSR count). The minimum absolute atomic E-state index is 0.119. The molecule has 0 saturated carbocycles. The van der Waals surface area contributed by atoms with E-state index in [4.69, 9.17) is 14.2 Å².